The lowest BCUT2D eigenvalue weighted by molar-refractivity contribution is -0.274. The first-order valence-electron chi connectivity index (χ1n) is 9.11. The van der Waals surface area contributed by atoms with Crippen molar-refractivity contribution in [2.45, 2.75) is 11.3 Å². The molecule has 1 fully saturated rings. The Kier molecular flexibility index (Phi) is 6.66. The number of nitrogens with zero attached hydrogens (tertiary/aromatic N) is 2. The minimum atomic E-state index is -4.82. The monoisotopic (exact) mass is 429 g/mol. The van der Waals surface area contributed by atoms with E-state index < -0.39 is 22.1 Å². The van der Waals surface area contributed by atoms with Crippen LogP contribution in [0.25, 0.3) is 0 Å². The van der Waals surface area contributed by atoms with Gasteiger partial charge in [0.1, 0.15) is 5.75 Å². The number of anilines is 1. The molecule has 2 aromatic rings. The third-order valence-electron chi connectivity index (χ3n) is 4.58. The molecule has 10 heteroatoms. The summed E-state index contributed by atoms with van der Waals surface area (Å²) in [6.07, 6.45) is -4.82. The molecule has 0 spiro atoms. The number of halogens is 3. The molecule has 0 saturated carbocycles. The molecule has 0 atom stereocenters. The van der Waals surface area contributed by atoms with Crippen molar-refractivity contribution in [3.8, 4) is 5.75 Å². The van der Waals surface area contributed by atoms with Gasteiger partial charge in [-0.15, -0.1) is 13.2 Å². The van der Waals surface area contributed by atoms with Gasteiger partial charge in [0.2, 0.25) is 10.0 Å². The SMILES string of the molecule is O=S(=O)(NCCN1CCN(c2ccccc2)CC1)c1ccc(OC(F)(F)F)cc1. The second-order valence-corrected chi connectivity index (χ2v) is 8.35. The number of hydrogen-bond donors (Lipinski definition) is 1. The molecule has 158 valence electrons. The van der Waals surface area contributed by atoms with Crippen LogP contribution in [-0.4, -0.2) is 58.9 Å². The summed E-state index contributed by atoms with van der Waals surface area (Å²) in [5.41, 5.74) is 1.17. The van der Waals surface area contributed by atoms with Crippen molar-refractivity contribution in [1.82, 2.24) is 9.62 Å². The number of piperazine rings is 1. The van der Waals surface area contributed by atoms with Gasteiger partial charge in [0, 0.05) is 45.0 Å². The third kappa shape index (κ3) is 6.34. The van der Waals surface area contributed by atoms with Gasteiger partial charge in [-0.1, -0.05) is 18.2 Å². The number of ether oxygens (including phenoxy) is 1. The molecule has 0 radical (unpaired) electrons. The average Bonchev–Trinajstić information content (AvgIpc) is 2.68. The highest BCUT2D eigenvalue weighted by atomic mass is 32.2. The lowest BCUT2D eigenvalue weighted by Gasteiger charge is -2.36. The number of hydrogen-bond acceptors (Lipinski definition) is 5. The molecule has 1 aliphatic heterocycles. The first-order chi connectivity index (χ1) is 13.7. The fourth-order valence-corrected chi connectivity index (χ4v) is 4.13. The Labute approximate surface area is 167 Å². The van der Waals surface area contributed by atoms with Gasteiger partial charge in [0.05, 0.1) is 4.90 Å². The molecular weight excluding hydrogens is 407 g/mol. The van der Waals surface area contributed by atoms with Crippen LogP contribution in [0.15, 0.2) is 59.5 Å². The zero-order valence-corrected chi connectivity index (χ0v) is 16.4. The van der Waals surface area contributed by atoms with Crippen molar-refractivity contribution in [3.63, 3.8) is 0 Å². The molecule has 0 bridgehead atoms. The molecule has 0 aromatic heterocycles. The molecule has 2 aromatic carbocycles. The van der Waals surface area contributed by atoms with Crippen molar-refractivity contribution < 1.29 is 26.3 Å². The van der Waals surface area contributed by atoms with Gasteiger partial charge in [0.25, 0.3) is 0 Å². The zero-order valence-electron chi connectivity index (χ0n) is 15.6. The van der Waals surface area contributed by atoms with E-state index in [2.05, 4.69) is 31.4 Å². The van der Waals surface area contributed by atoms with Crippen LogP contribution in [0.4, 0.5) is 18.9 Å². The summed E-state index contributed by atoms with van der Waals surface area (Å²) in [7, 11) is -3.80. The van der Waals surface area contributed by atoms with Gasteiger partial charge in [-0.25, -0.2) is 13.1 Å². The summed E-state index contributed by atoms with van der Waals surface area (Å²) >= 11 is 0. The van der Waals surface area contributed by atoms with Crippen molar-refractivity contribution in [3.05, 3.63) is 54.6 Å². The molecule has 29 heavy (non-hydrogen) atoms. The van der Waals surface area contributed by atoms with Crippen LogP contribution in [-0.2, 0) is 10.0 Å². The predicted molar refractivity (Wildman–Crippen MR) is 103 cm³/mol. The highest BCUT2D eigenvalue weighted by Crippen LogP contribution is 2.23. The van der Waals surface area contributed by atoms with Crippen molar-refractivity contribution in [2.75, 3.05) is 44.2 Å². The van der Waals surface area contributed by atoms with E-state index in [1.807, 2.05) is 18.2 Å². The Morgan fingerprint density at radius 2 is 1.55 bits per heavy atom. The minimum Gasteiger partial charge on any atom is -0.406 e. The second-order valence-electron chi connectivity index (χ2n) is 6.58. The Morgan fingerprint density at radius 1 is 0.931 bits per heavy atom. The van der Waals surface area contributed by atoms with Crippen molar-refractivity contribution in [1.29, 1.82) is 0 Å². The molecule has 1 heterocycles. The van der Waals surface area contributed by atoms with Gasteiger partial charge in [0.15, 0.2) is 0 Å². The number of para-hydroxylation sites is 1. The largest absolute Gasteiger partial charge is 0.573 e. The molecule has 0 unspecified atom stereocenters. The van der Waals surface area contributed by atoms with E-state index in [4.69, 9.17) is 0 Å². The topological polar surface area (TPSA) is 61.9 Å². The Balaban J connectivity index is 1.45. The van der Waals surface area contributed by atoms with Crippen LogP contribution in [0, 0.1) is 0 Å². The normalized spacial score (nSPS) is 16.0. The molecule has 1 aliphatic rings. The van der Waals surface area contributed by atoms with Crippen LogP contribution in [0.5, 0.6) is 5.75 Å². The Bertz CT molecular complexity index is 882. The number of sulfonamides is 1. The average molecular weight is 429 g/mol. The quantitative estimate of drug-likeness (QED) is 0.734. The number of alkyl halides is 3. The lowest BCUT2D eigenvalue weighted by atomic mass is 10.2. The second kappa shape index (κ2) is 9.02. The molecule has 3 rings (SSSR count). The maximum atomic E-state index is 12.3. The Hall–Kier alpha value is -2.30. The lowest BCUT2D eigenvalue weighted by Crippen LogP contribution is -2.48. The number of nitrogens with one attached hydrogen (secondary N) is 1. The first kappa shape index (κ1) is 21.4. The van der Waals surface area contributed by atoms with E-state index in [9.17, 15) is 21.6 Å². The fourth-order valence-electron chi connectivity index (χ4n) is 3.11. The van der Waals surface area contributed by atoms with Crippen LogP contribution in [0.2, 0.25) is 0 Å². The molecule has 1 saturated heterocycles. The van der Waals surface area contributed by atoms with E-state index in [0.717, 1.165) is 50.4 Å². The minimum absolute atomic E-state index is 0.110. The fraction of sp³-hybridized carbons (Fsp3) is 0.368. The van der Waals surface area contributed by atoms with Crippen LogP contribution < -0.4 is 14.4 Å². The maximum absolute atomic E-state index is 12.3. The number of benzene rings is 2. The summed E-state index contributed by atoms with van der Waals surface area (Å²) in [6, 6.07) is 14.2. The predicted octanol–water partition coefficient (Wildman–Crippen LogP) is 2.69. The summed E-state index contributed by atoms with van der Waals surface area (Å²) in [4.78, 5) is 4.34. The maximum Gasteiger partial charge on any atom is 0.573 e. The van der Waals surface area contributed by atoms with Crippen molar-refractivity contribution >= 4 is 15.7 Å². The van der Waals surface area contributed by atoms with Crippen LogP contribution in [0.3, 0.4) is 0 Å². The van der Waals surface area contributed by atoms with Crippen molar-refractivity contribution in [2.24, 2.45) is 0 Å². The van der Waals surface area contributed by atoms with Gasteiger partial charge >= 0.3 is 6.36 Å². The van der Waals surface area contributed by atoms with Gasteiger partial charge in [-0.3, -0.25) is 4.90 Å². The highest BCUT2D eigenvalue weighted by molar-refractivity contribution is 7.89. The highest BCUT2D eigenvalue weighted by Gasteiger charge is 2.31. The molecule has 1 N–H and O–H groups in total. The summed E-state index contributed by atoms with van der Waals surface area (Å²) in [5, 5.41) is 0. The van der Waals surface area contributed by atoms with Gasteiger partial charge in [-0.2, -0.15) is 0 Å². The van der Waals surface area contributed by atoms with E-state index in [0.29, 0.717) is 6.54 Å². The van der Waals surface area contributed by atoms with E-state index in [-0.39, 0.29) is 11.4 Å². The summed E-state index contributed by atoms with van der Waals surface area (Å²) in [6.45, 7) is 4.13. The molecule has 6 nitrogen and oxygen atoms in total. The van der Waals surface area contributed by atoms with Crippen LogP contribution >= 0.6 is 0 Å². The van der Waals surface area contributed by atoms with Crippen LogP contribution in [0.1, 0.15) is 0 Å². The standard InChI is InChI=1S/C19H22F3N3O3S/c20-19(21,22)28-17-6-8-18(9-7-17)29(26,27)23-10-11-24-12-14-25(15-13-24)16-4-2-1-3-5-16/h1-9,23H,10-15H2. The number of rotatable bonds is 7. The summed E-state index contributed by atoms with van der Waals surface area (Å²) in [5.74, 6) is -0.465. The zero-order chi connectivity index (χ0) is 20.9. The van der Waals surface area contributed by atoms with Gasteiger partial charge < -0.3 is 9.64 Å². The van der Waals surface area contributed by atoms with E-state index in [1.165, 1.54) is 5.69 Å². The van der Waals surface area contributed by atoms with E-state index in [1.54, 1.807) is 0 Å². The van der Waals surface area contributed by atoms with Gasteiger partial charge in [-0.05, 0) is 36.4 Å². The third-order valence-corrected chi connectivity index (χ3v) is 6.06. The summed E-state index contributed by atoms with van der Waals surface area (Å²) < 4.78 is 67.4. The molecule has 0 aliphatic carbocycles. The smallest absolute Gasteiger partial charge is 0.406 e. The Morgan fingerprint density at radius 3 is 2.14 bits per heavy atom. The molecule has 0 amide bonds. The first-order valence-corrected chi connectivity index (χ1v) is 10.6. The molecular formula is C19H22F3N3O3S. The van der Waals surface area contributed by atoms with E-state index >= 15 is 0 Å².